The number of aromatic nitrogens is 1. The fraction of sp³-hybridized carbons (Fsp3) is 0.500. The Hall–Kier alpha value is -3.10. The van der Waals surface area contributed by atoms with Crippen LogP contribution in [0, 0.1) is 11.1 Å². The van der Waals surface area contributed by atoms with Crippen molar-refractivity contribution < 1.29 is 14.3 Å². The highest BCUT2D eigenvalue weighted by atomic mass is 16.5. The lowest BCUT2D eigenvalue weighted by Gasteiger charge is -2.26. The van der Waals surface area contributed by atoms with Gasteiger partial charge in [-0.15, -0.1) is 0 Å². The second-order valence-electron chi connectivity index (χ2n) is 6.76. The van der Waals surface area contributed by atoms with Gasteiger partial charge in [0.15, 0.2) is 12.4 Å². The summed E-state index contributed by atoms with van der Waals surface area (Å²) in [4.78, 5) is 28.2. The largest absolute Gasteiger partial charge is 0.619 e. The van der Waals surface area contributed by atoms with Crippen LogP contribution in [0.15, 0.2) is 41.7 Å². The molecular weight excluding hydrogens is 372 g/mol. The van der Waals surface area contributed by atoms with E-state index < -0.39 is 0 Å². The summed E-state index contributed by atoms with van der Waals surface area (Å²) in [5, 5.41) is 22.7. The number of hydrogen-bond donors (Lipinski definition) is 4. The van der Waals surface area contributed by atoms with Gasteiger partial charge in [-0.2, -0.15) is 4.73 Å². The molecule has 0 radical (unpaired) electrons. The molecule has 1 aliphatic rings. The smallest absolute Gasteiger partial charge is 0.315 e. The van der Waals surface area contributed by atoms with Gasteiger partial charge in [0.1, 0.15) is 11.8 Å². The van der Waals surface area contributed by atoms with Crippen LogP contribution in [0.4, 0.5) is 4.79 Å². The number of pyridine rings is 1. The lowest BCUT2D eigenvalue weighted by Crippen LogP contribution is -2.46. The number of nitrogens with one attached hydrogen (secondary N) is 4. The highest BCUT2D eigenvalue weighted by molar-refractivity contribution is 6.05. The zero-order valence-electron chi connectivity index (χ0n) is 17.0. The fourth-order valence-corrected chi connectivity index (χ4v) is 3.06. The van der Waals surface area contributed by atoms with Gasteiger partial charge in [-0.1, -0.05) is 12.2 Å². The average molecular weight is 402 g/mol. The second-order valence-corrected chi connectivity index (χ2v) is 6.76. The molecule has 0 bridgehead atoms. The zero-order chi connectivity index (χ0) is 21.1. The van der Waals surface area contributed by atoms with E-state index in [0.29, 0.717) is 30.2 Å². The summed E-state index contributed by atoms with van der Waals surface area (Å²) >= 11 is 0. The first-order valence-corrected chi connectivity index (χ1v) is 9.93. The maximum Gasteiger partial charge on any atom is 0.315 e. The predicted octanol–water partition coefficient (Wildman–Crippen LogP) is 0.598. The Bertz CT molecular complexity index is 749. The molecule has 158 valence electrons. The molecule has 1 aromatic rings. The number of amides is 3. The van der Waals surface area contributed by atoms with Crippen molar-refractivity contribution in [3.05, 3.63) is 47.4 Å². The van der Waals surface area contributed by atoms with Crippen molar-refractivity contribution in [1.29, 1.82) is 0 Å². The summed E-state index contributed by atoms with van der Waals surface area (Å²) < 4.78 is 0.705. The number of amidine groups is 1. The number of carbonyl (C=O) groups is 2. The summed E-state index contributed by atoms with van der Waals surface area (Å²) in [5.41, 5.74) is 0.743. The van der Waals surface area contributed by atoms with Crippen molar-refractivity contribution in [2.24, 2.45) is 10.9 Å². The van der Waals surface area contributed by atoms with Crippen molar-refractivity contribution in [1.82, 2.24) is 21.3 Å². The molecule has 0 fully saturated rings. The normalized spacial score (nSPS) is 19.4. The minimum atomic E-state index is -0.359. The van der Waals surface area contributed by atoms with Crippen LogP contribution in [0.25, 0.3) is 0 Å². The molecule has 2 rings (SSSR count). The first-order chi connectivity index (χ1) is 14.0. The van der Waals surface area contributed by atoms with Crippen molar-refractivity contribution >= 4 is 17.8 Å². The van der Waals surface area contributed by atoms with Gasteiger partial charge in [0.25, 0.3) is 0 Å². The molecule has 2 unspecified atom stereocenters. The van der Waals surface area contributed by atoms with Crippen molar-refractivity contribution in [2.45, 2.75) is 38.8 Å². The summed E-state index contributed by atoms with van der Waals surface area (Å²) in [7, 11) is 1.62. The summed E-state index contributed by atoms with van der Waals surface area (Å²) in [6.45, 7) is 3.43. The van der Waals surface area contributed by atoms with Gasteiger partial charge in [-0.3, -0.25) is 9.79 Å². The third kappa shape index (κ3) is 7.44. The number of urea groups is 1. The van der Waals surface area contributed by atoms with E-state index in [2.05, 4.69) is 26.3 Å². The van der Waals surface area contributed by atoms with Crippen molar-refractivity contribution in [3.63, 3.8) is 0 Å². The van der Waals surface area contributed by atoms with E-state index in [0.717, 1.165) is 24.8 Å². The van der Waals surface area contributed by atoms with E-state index in [9.17, 15) is 14.8 Å². The molecule has 2 heterocycles. The Morgan fingerprint density at radius 2 is 2.10 bits per heavy atom. The van der Waals surface area contributed by atoms with Gasteiger partial charge in [-0.25, -0.2) is 4.79 Å². The zero-order valence-corrected chi connectivity index (χ0v) is 17.0. The number of unbranched alkanes of at least 4 members (excludes halogenated alkanes) is 1. The minimum absolute atomic E-state index is 0.0739. The summed E-state index contributed by atoms with van der Waals surface area (Å²) in [6, 6.07) is 3.30. The lowest BCUT2D eigenvalue weighted by atomic mass is 9.97. The summed E-state index contributed by atoms with van der Waals surface area (Å²) in [5.74, 6) is 0.273. The molecule has 9 nitrogen and oxygen atoms in total. The van der Waals surface area contributed by atoms with E-state index in [1.165, 1.54) is 12.4 Å². The van der Waals surface area contributed by atoms with Crippen LogP contribution in [0.3, 0.4) is 0 Å². The molecule has 9 heteroatoms. The number of rotatable bonds is 9. The SMILES string of the molecule is CCN=C1NC(CCCCNC(=O)NCc2ccc[n+]([O-])c2)C=CC1C(=O)NC. The molecule has 0 spiro atoms. The van der Waals surface area contributed by atoms with Gasteiger partial charge < -0.3 is 26.5 Å². The fourth-order valence-electron chi connectivity index (χ4n) is 3.06. The van der Waals surface area contributed by atoms with Gasteiger partial charge >= 0.3 is 6.03 Å². The average Bonchev–Trinajstić information content (AvgIpc) is 2.72. The van der Waals surface area contributed by atoms with Gasteiger partial charge in [0.05, 0.1) is 6.54 Å². The Morgan fingerprint density at radius 1 is 1.28 bits per heavy atom. The topological polar surface area (TPSA) is 122 Å². The van der Waals surface area contributed by atoms with Crippen LogP contribution in [0.5, 0.6) is 0 Å². The second kappa shape index (κ2) is 11.7. The molecular formula is C20H30N6O3. The first-order valence-electron chi connectivity index (χ1n) is 9.93. The number of hydrogen-bond acceptors (Lipinski definition) is 4. The minimum Gasteiger partial charge on any atom is -0.619 e. The third-order valence-electron chi connectivity index (χ3n) is 4.54. The van der Waals surface area contributed by atoms with Crippen LogP contribution >= 0.6 is 0 Å². The standard InChI is InChI=1S/C20H30N6O3/c1-3-22-18-17(19(27)21-2)10-9-16(25-18)8-4-5-11-23-20(28)24-13-15-7-6-12-26(29)14-15/h6-7,9-10,12,14,16-17H,3-5,8,11,13H2,1-2H3,(H,21,27)(H,22,25)(H2,23,24,28). The third-order valence-corrected chi connectivity index (χ3v) is 4.54. The van der Waals surface area contributed by atoms with E-state index in [4.69, 9.17) is 0 Å². The van der Waals surface area contributed by atoms with Gasteiger partial charge in [-0.05, 0) is 32.3 Å². The molecule has 2 atom stereocenters. The number of aliphatic imine (C=N–C) groups is 1. The van der Waals surface area contributed by atoms with Crippen LogP contribution in [0.1, 0.15) is 31.7 Å². The van der Waals surface area contributed by atoms with E-state index in [-0.39, 0.29) is 23.9 Å². The van der Waals surface area contributed by atoms with E-state index in [1.54, 1.807) is 19.2 Å². The summed E-state index contributed by atoms with van der Waals surface area (Å²) in [6.07, 6.45) is 9.37. The molecule has 0 aromatic carbocycles. The predicted molar refractivity (Wildman–Crippen MR) is 111 cm³/mol. The molecule has 4 N–H and O–H groups in total. The molecule has 29 heavy (non-hydrogen) atoms. The molecule has 0 saturated carbocycles. The maximum absolute atomic E-state index is 11.9. The quantitative estimate of drug-likeness (QED) is 0.209. The number of nitrogens with zero attached hydrogens (tertiary/aromatic N) is 2. The molecule has 3 amide bonds. The van der Waals surface area contributed by atoms with Crippen LogP contribution < -0.4 is 26.0 Å². The molecule has 0 saturated heterocycles. The Labute approximate surface area is 171 Å². The van der Waals surface area contributed by atoms with Crippen molar-refractivity contribution in [2.75, 3.05) is 20.1 Å². The van der Waals surface area contributed by atoms with Crippen LogP contribution in [-0.4, -0.2) is 44.0 Å². The Kier molecular flexibility index (Phi) is 8.94. The Balaban J connectivity index is 1.65. The lowest BCUT2D eigenvalue weighted by molar-refractivity contribution is -0.605. The highest BCUT2D eigenvalue weighted by Gasteiger charge is 2.26. The first kappa shape index (κ1) is 22.2. The molecule has 1 aromatic heterocycles. The number of carbonyl (C=O) groups excluding carboxylic acids is 2. The van der Waals surface area contributed by atoms with Crippen molar-refractivity contribution in [3.8, 4) is 0 Å². The highest BCUT2D eigenvalue weighted by Crippen LogP contribution is 2.13. The molecule has 1 aliphatic heterocycles. The van der Waals surface area contributed by atoms with Crippen LogP contribution in [0.2, 0.25) is 0 Å². The monoisotopic (exact) mass is 402 g/mol. The maximum atomic E-state index is 11.9. The van der Waals surface area contributed by atoms with Crippen LogP contribution in [-0.2, 0) is 11.3 Å². The van der Waals surface area contributed by atoms with E-state index in [1.807, 2.05) is 19.1 Å². The van der Waals surface area contributed by atoms with Gasteiger partial charge in [0.2, 0.25) is 5.91 Å². The Morgan fingerprint density at radius 3 is 2.83 bits per heavy atom. The molecule has 0 aliphatic carbocycles. The van der Waals surface area contributed by atoms with E-state index >= 15 is 0 Å². The van der Waals surface area contributed by atoms with Gasteiger partial charge in [0, 0.05) is 37.8 Å².